The van der Waals surface area contributed by atoms with Crippen LogP contribution < -0.4 is 4.90 Å². The Bertz CT molecular complexity index is 730. The largest absolute Gasteiger partial charge is 0.459 e. The summed E-state index contributed by atoms with van der Waals surface area (Å²) >= 11 is 0. The molecule has 24 heavy (non-hydrogen) atoms. The lowest BCUT2D eigenvalue weighted by Crippen LogP contribution is -2.49. The molecule has 0 aliphatic carbocycles. The second-order valence-corrected chi connectivity index (χ2v) is 6.59. The summed E-state index contributed by atoms with van der Waals surface area (Å²) in [5.41, 5.74) is 1.86. The molecule has 6 heteroatoms. The summed E-state index contributed by atoms with van der Waals surface area (Å²) in [6.07, 6.45) is 1.57. The number of rotatable bonds is 3. The van der Waals surface area contributed by atoms with Gasteiger partial charge in [-0.25, -0.2) is 9.97 Å². The highest BCUT2D eigenvalue weighted by atomic mass is 16.3. The summed E-state index contributed by atoms with van der Waals surface area (Å²) in [4.78, 5) is 25.8. The molecule has 0 radical (unpaired) electrons. The average molecular weight is 328 g/mol. The van der Waals surface area contributed by atoms with Crippen molar-refractivity contribution in [2.24, 2.45) is 0 Å². The van der Waals surface area contributed by atoms with E-state index in [1.807, 2.05) is 30.9 Å². The molecule has 1 amide bonds. The minimum Gasteiger partial charge on any atom is -0.459 e. The minimum atomic E-state index is -0.0288. The zero-order valence-electron chi connectivity index (χ0n) is 14.7. The van der Waals surface area contributed by atoms with Crippen LogP contribution in [0.2, 0.25) is 0 Å². The van der Waals surface area contributed by atoms with Crippen LogP contribution in [0.1, 0.15) is 47.4 Å². The van der Waals surface area contributed by atoms with Crippen LogP contribution in [0.3, 0.4) is 0 Å². The van der Waals surface area contributed by atoms with E-state index in [4.69, 9.17) is 4.42 Å². The van der Waals surface area contributed by atoms with E-state index >= 15 is 0 Å². The molecule has 1 fully saturated rings. The molecule has 0 spiro atoms. The standard InChI is InChI=1S/C18H24N4O2/c1-12(2)17-19-14(4)11-15(20-17)21-6-8-22(9-7-21)18(23)16-13(3)5-10-24-16/h5,10-12H,6-9H2,1-4H3. The highest BCUT2D eigenvalue weighted by Gasteiger charge is 2.26. The van der Waals surface area contributed by atoms with Crippen molar-refractivity contribution in [2.75, 3.05) is 31.1 Å². The maximum absolute atomic E-state index is 12.5. The smallest absolute Gasteiger partial charge is 0.289 e. The third-order valence-corrected chi connectivity index (χ3v) is 4.32. The van der Waals surface area contributed by atoms with Crippen molar-refractivity contribution in [2.45, 2.75) is 33.6 Å². The van der Waals surface area contributed by atoms with Crippen LogP contribution in [0.4, 0.5) is 5.82 Å². The summed E-state index contributed by atoms with van der Waals surface area (Å²) in [5, 5.41) is 0. The Morgan fingerprint density at radius 2 is 1.88 bits per heavy atom. The van der Waals surface area contributed by atoms with Gasteiger partial charge in [0.2, 0.25) is 0 Å². The number of carbonyl (C=O) groups excluding carboxylic acids is 1. The average Bonchev–Trinajstić information content (AvgIpc) is 2.99. The maximum Gasteiger partial charge on any atom is 0.289 e. The molecule has 2 aromatic heterocycles. The number of piperazine rings is 1. The molecule has 128 valence electrons. The first-order chi connectivity index (χ1) is 11.5. The predicted octanol–water partition coefficient (Wildman–Crippen LogP) is 2.77. The Labute approximate surface area is 142 Å². The molecule has 0 N–H and O–H groups in total. The summed E-state index contributed by atoms with van der Waals surface area (Å²) in [6.45, 7) is 10.9. The monoisotopic (exact) mass is 328 g/mol. The Morgan fingerprint density at radius 3 is 2.46 bits per heavy atom. The van der Waals surface area contributed by atoms with Gasteiger partial charge in [-0.3, -0.25) is 4.79 Å². The highest BCUT2D eigenvalue weighted by Crippen LogP contribution is 2.20. The van der Waals surface area contributed by atoms with E-state index < -0.39 is 0 Å². The number of nitrogens with zero attached hydrogens (tertiary/aromatic N) is 4. The van der Waals surface area contributed by atoms with Crippen molar-refractivity contribution in [1.82, 2.24) is 14.9 Å². The van der Waals surface area contributed by atoms with Crippen LogP contribution >= 0.6 is 0 Å². The first-order valence-corrected chi connectivity index (χ1v) is 8.39. The molecule has 2 aromatic rings. The van der Waals surface area contributed by atoms with Gasteiger partial charge in [0.25, 0.3) is 5.91 Å². The van der Waals surface area contributed by atoms with Crippen LogP contribution in [-0.2, 0) is 0 Å². The fraction of sp³-hybridized carbons (Fsp3) is 0.500. The minimum absolute atomic E-state index is 0.0288. The van der Waals surface area contributed by atoms with Crippen LogP contribution in [0.5, 0.6) is 0 Å². The van der Waals surface area contributed by atoms with Gasteiger partial charge < -0.3 is 14.2 Å². The van der Waals surface area contributed by atoms with Gasteiger partial charge in [-0.05, 0) is 19.9 Å². The number of hydrogen-bond donors (Lipinski definition) is 0. The van der Waals surface area contributed by atoms with Gasteiger partial charge in [-0.1, -0.05) is 13.8 Å². The number of anilines is 1. The normalized spacial score (nSPS) is 15.2. The van der Waals surface area contributed by atoms with Gasteiger partial charge in [0.15, 0.2) is 5.76 Å². The van der Waals surface area contributed by atoms with Crippen molar-refractivity contribution in [3.8, 4) is 0 Å². The van der Waals surface area contributed by atoms with Gasteiger partial charge in [-0.2, -0.15) is 0 Å². The molecule has 3 heterocycles. The lowest BCUT2D eigenvalue weighted by Gasteiger charge is -2.35. The second kappa shape index (κ2) is 6.63. The number of carbonyl (C=O) groups is 1. The van der Waals surface area contributed by atoms with Crippen LogP contribution in [0.15, 0.2) is 22.8 Å². The fourth-order valence-electron chi connectivity index (χ4n) is 2.87. The number of aromatic nitrogens is 2. The zero-order valence-corrected chi connectivity index (χ0v) is 14.7. The van der Waals surface area contributed by atoms with E-state index in [9.17, 15) is 4.79 Å². The van der Waals surface area contributed by atoms with Crippen LogP contribution in [-0.4, -0.2) is 47.0 Å². The lowest BCUT2D eigenvalue weighted by molar-refractivity contribution is 0.0713. The first kappa shape index (κ1) is 16.5. The third kappa shape index (κ3) is 3.27. The summed E-state index contributed by atoms with van der Waals surface area (Å²) in [6, 6.07) is 3.83. The van der Waals surface area contributed by atoms with Gasteiger partial charge in [0.05, 0.1) is 6.26 Å². The number of hydrogen-bond acceptors (Lipinski definition) is 5. The molecule has 1 aliphatic heterocycles. The molecule has 1 saturated heterocycles. The van der Waals surface area contributed by atoms with Crippen LogP contribution in [0.25, 0.3) is 0 Å². The SMILES string of the molecule is Cc1cc(N2CCN(C(=O)c3occc3C)CC2)nc(C(C)C)n1. The Morgan fingerprint density at radius 1 is 1.17 bits per heavy atom. The Balaban J connectivity index is 1.69. The second-order valence-electron chi connectivity index (χ2n) is 6.59. The van der Waals surface area contributed by atoms with E-state index in [1.54, 1.807) is 6.26 Å². The lowest BCUT2D eigenvalue weighted by atomic mass is 10.2. The van der Waals surface area contributed by atoms with E-state index in [2.05, 4.69) is 28.7 Å². The topological polar surface area (TPSA) is 62.5 Å². The first-order valence-electron chi connectivity index (χ1n) is 8.39. The van der Waals surface area contributed by atoms with Crippen molar-refractivity contribution >= 4 is 11.7 Å². The Kier molecular flexibility index (Phi) is 4.55. The molecule has 0 unspecified atom stereocenters. The van der Waals surface area contributed by atoms with E-state index in [0.29, 0.717) is 24.8 Å². The fourth-order valence-corrected chi connectivity index (χ4v) is 2.87. The molecular formula is C18H24N4O2. The number of furan rings is 1. The Hall–Kier alpha value is -2.37. The van der Waals surface area contributed by atoms with Crippen LogP contribution in [0, 0.1) is 13.8 Å². The van der Waals surface area contributed by atoms with E-state index in [-0.39, 0.29) is 5.91 Å². The molecule has 0 saturated carbocycles. The summed E-state index contributed by atoms with van der Waals surface area (Å²) < 4.78 is 5.32. The summed E-state index contributed by atoms with van der Waals surface area (Å²) in [7, 11) is 0. The highest BCUT2D eigenvalue weighted by molar-refractivity contribution is 5.93. The molecule has 0 bridgehead atoms. The number of aryl methyl sites for hydroxylation is 2. The molecule has 0 aromatic carbocycles. The molecule has 1 aliphatic rings. The van der Waals surface area contributed by atoms with Crippen molar-refractivity contribution < 1.29 is 9.21 Å². The van der Waals surface area contributed by atoms with Gasteiger partial charge in [0, 0.05) is 49.4 Å². The third-order valence-electron chi connectivity index (χ3n) is 4.32. The predicted molar refractivity (Wildman–Crippen MR) is 92.4 cm³/mol. The molecule has 6 nitrogen and oxygen atoms in total. The molecule has 0 atom stereocenters. The van der Waals surface area contributed by atoms with Crippen molar-refractivity contribution in [3.05, 3.63) is 41.2 Å². The zero-order chi connectivity index (χ0) is 17.3. The van der Waals surface area contributed by atoms with Gasteiger partial charge >= 0.3 is 0 Å². The summed E-state index contributed by atoms with van der Waals surface area (Å²) in [5.74, 6) is 2.54. The van der Waals surface area contributed by atoms with Gasteiger partial charge in [0.1, 0.15) is 11.6 Å². The molecular weight excluding hydrogens is 304 g/mol. The maximum atomic E-state index is 12.5. The molecule has 3 rings (SSSR count). The number of amides is 1. The van der Waals surface area contributed by atoms with E-state index in [0.717, 1.165) is 36.0 Å². The quantitative estimate of drug-likeness (QED) is 0.867. The van der Waals surface area contributed by atoms with Crippen molar-refractivity contribution in [1.29, 1.82) is 0 Å². The van der Waals surface area contributed by atoms with Crippen molar-refractivity contribution in [3.63, 3.8) is 0 Å². The van der Waals surface area contributed by atoms with E-state index in [1.165, 1.54) is 0 Å². The van der Waals surface area contributed by atoms with Gasteiger partial charge in [-0.15, -0.1) is 0 Å².